The highest BCUT2D eigenvalue weighted by Gasteiger charge is 2.19. The first-order chi connectivity index (χ1) is 13.9. The number of oxazole rings is 1. The van der Waals surface area contributed by atoms with Crippen LogP contribution in [0.5, 0.6) is 17.2 Å². The summed E-state index contributed by atoms with van der Waals surface area (Å²) in [5, 5.41) is 6.45. The van der Waals surface area contributed by atoms with Gasteiger partial charge in [0.05, 0.1) is 33.6 Å². The lowest BCUT2D eigenvalue weighted by molar-refractivity contribution is 0.305. The number of nitrogens with one attached hydrogen (secondary N) is 2. The van der Waals surface area contributed by atoms with E-state index in [0.29, 0.717) is 48.8 Å². The van der Waals surface area contributed by atoms with Crippen LogP contribution in [-0.2, 0) is 12.0 Å². The molecule has 0 atom stereocenters. The van der Waals surface area contributed by atoms with Crippen LogP contribution >= 0.6 is 24.0 Å². The van der Waals surface area contributed by atoms with E-state index in [1.54, 1.807) is 27.5 Å². The Morgan fingerprint density at radius 1 is 1.07 bits per heavy atom. The van der Waals surface area contributed by atoms with Crippen LogP contribution in [0, 0.1) is 0 Å². The summed E-state index contributed by atoms with van der Waals surface area (Å²) < 4.78 is 22.1. The van der Waals surface area contributed by atoms with Gasteiger partial charge >= 0.3 is 0 Å². The molecule has 8 nitrogen and oxygen atoms in total. The third-order valence-corrected chi connectivity index (χ3v) is 4.13. The lowest BCUT2D eigenvalue weighted by atomic mass is 9.94. The number of nitrogens with zero attached hydrogens (tertiary/aromatic N) is 2. The van der Waals surface area contributed by atoms with Gasteiger partial charge in [0.1, 0.15) is 23.0 Å². The average molecular weight is 532 g/mol. The van der Waals surface area contributed by atoms with E-state index in [0.717, 1.165) is 12.2 Å². The van der Waals surface area contributed by atoms with Crippen molar-refractivity contribution < 1.29 is 18.6 Å². The van der Waals surface area contributed by atoms with Crippen LogP contribution in [0.2, 0.25) is 0 Å². The van der Waals surface area contributed by atoms with Crippen LogP contribution < -0.4 is 24.8 Å². The number of hydrogen-bond acceptors (Lipinski definition) is 6. The molecule has 168 valence electrons. The molecule has 2 aromatic rings. The van der Waals surface area contributed by atoms with E-state index in [9.17, 15) is 0 Å². The van der Waals surface area contributed by atoms with Crippen LogP contribution in [-0.4, -0.2) is 45.4 Å². The Hall–Kier alpha value is -2.17. The van der Waals surface area contributed by atoms with E-state index < -0.39 is 0 Å². The van der Waals surface area contributed by atoms with Crippen LogP contribution in [0.25, 0.3) is 0 Å². The van der Waals surface area contributed by atoms with Crippen LogP contribution in [0.3, 0.4) is 0 Å². The number of methoxy groups -OCH3 is 2. The number of hydrogen-bond donors (Lipinski definition) is 2. The number of benzene rings is 1. The maximum absolute atomic E-state index is 5.79. The van der Waals surface area contributed by atoms with Crippen molar-refractivity contribution in [3.05, 3.63) is 36.0 Å². The van der Waals surface area contributed by atoms with Gasteiger partial charge in [0.25, 0.3) is 0 Å². The van der Waals surface area contributed by atoms with Crippen molar-refractivity contribution in [3.63, 3.8) is 0 Å². The van der Waals surface area contributed by atoms with Crippen LogP contribution in [0.15, 0.2) is 33.8 Å². The van der Waals surface area contributed by atoms with Crippen molar-refractivity contribution in [2.45, 2.75) is 39.2 Å². The minimum Gasteiger partial charge on any atom is -0.496 e. The topological polar surface area (TPSA) is 90.1 Å². The molecule has 1 heterocycles. The smallest absolute Gasteiger partial charge is 0.213 e. The van der Waals surface area contributed by atoms with Crippen molar-refractivity contribution in [2.75, 3.05) is 34.4 Å². The minimum atomic E-state index is -0.0576. The van der Waals surface area contributed by atoms with Crippen molar-refractivity contribution in [1.82, 2.24) is 15.6 Å². The molecule has 0 aliphatic heterocycles. The van der Waals surface area contributed by atoms with E-state index in [4.69, 9.17) is 18.6 Å². The molecule has 0 saturated heterocycles. The number of halogens is 1. The molecule has 0 aliphatic carbocycles. The molecule has 0 aliphatic rings. The normalized spacial score (nSPS) is 11.5. The average Bonchev–Trinajstić information content (AvgIpc) is 3.19. The Labute approximate surface area is 195 Å². The second-order valence-corrected chi connectivity index (χ2v) is 7.47. The largest absolute Gasteiger partial charge is 0.496 e. The monoisotopic (exact) mass is 532 g/mol. The molecular formula is C21H33IN4O4. The van der Waals surface area contributed by atoms with E-state index >= 15 is 0 Å². The maximum Gasteiger partial charge on any atom is 0.213 e. The van der Waals surface area contributed by atoms with E-state index in [2.05, 4.69) is 41.4 Å². The summed E-state index contributed by atoms with van der Waals surface area (Å²) in [6.07, 6.45) is 2.57. The van der Waals surface area contributed by atoms with Gasteiger partial charge in [-0.3, -0.25) is 4.99 Å². The third kappa shape index (κ3) is 8.29. The molecule has 0 unspecified atom stereocenters. The second kappa shape index (κ2) is 12.5. The molecule has 0 amide bonds. The van der Waals surface area contributed by atoms with Crippen LogP contribution in [0.4, 0.5) is 0 Å². The quantitative estimate of drug-likeness (QED) is 0.220. The Morgan fingerprint density at radius 2 is 1.70 bits per heavy atom. The standard InChI is InChI=1S/C21H32N4O4.HI/c1-21(2,3)18-13-24-19(29-18)14-25-20(22-4)23-8-7-9-28-17-11-15(26-5)10-16(12-17)27-6;/h10-13H,7-9,14H2,1-6H3,(H2,22,23,25);1H. The van der Waals surface area contributed by atoms with Gasteiger partial charge in [-0.2, -0.15) is 0 Å². The Morgan fingerprint density at radius 3 is 2.23 bits per heavy atom. The van der Waals surface area contributed by atoms with Crippen molar-refractivity contribution >= 4 is 29.9 Å². The predicted molar refractivity (Wildman–Crippen MR) is 128 cm³/mol. The molecule has 0 saturated carbocycles. The van der Waals surface area contributed by atoms with Crippen molar-refractivity contribution in [3.8, 4) is 17.2 Å². The molecule has 0 fully saturated rings. The van der Waals surface area contributed by atoms with Crippen molar-refractivity contribution in [1.29, 1.82) is 0 Å². The zero-order valence-electron chi connectivity index (χ0n) is 18.6. The van der Waals surface area contributed by atoms with Gasteiger partial charge in [0, 0.05) is 37.2 Å². The fourth-order valence-electron chi connectivity index (χ4n) is 2.45. The number of ether oxygens (including phenoxy) is 3. The number of aliphatic imine (C=N–C) groups is 1. The molecule has 0 bridgehead atoms. The highest BCUT2D eigenvalue weighted by Crippen LogP contribution is 2.27. The summed E-state index contributed by atoms with van der Waals surface area (Å²) in [5.74, 6) is 4.29. The molecule has 2 N–H and O–H groups in total. The zero-order valence-corrected chi connectivity index (χ0v) is 20.9. The molecule has 2 rings (SSSR count). The summed E-state index contributed by atoms with van der Waals surface area (Å²) in [6.45, 7) is 8.00. The SMILES string of the molecule is CN=C(NCCCOc1cc(OC)cc(OC)c1)NCc1ncc(C(C)(C)C)o1.I. The van der Waals surface area contributed by atoms with E-state index in [-0.39, 0.29) is 29.4 Å². The number of rotatable bonds is 9. The predicted octanol–water partition coefficient (Wildman–Crippen LogP) is 3.74. The zero-order chi connectivity index (χ0) is 21.3. The van der Waals surface area contributed by atoms with Gasteiger partial charge in [0.15, 0.2) is 5.96 Å². The first kappa shape index (κ1) is 25.9. The van der Waals surface area contributed by atoms with Gasteiger partial charge in [0.2, 0.25) is 5.89 Å². The van der Waals surface area contributed by atoms with Gasteiger partial charge < -0.3 is 29.3 Å². The fraction of sp³-hybridized carbons (Fsp3) is 0.524. The van der Waals surface area contributed by atoms with Crippen molar-refractivity contribution in [2.24, 2.45) is 4.99 Å². The molecular weight excluding hydrogens is 499 g/mol. The fourth-order valence-corrected chi connectivity index (χ4v) is 2.45. The van der Waals surface area contributed by atoms with E-state index in [1.807, 2.05) is 18.2 Å². The minimum absolute atomic E-state index is 0. The molecule has 1 aromatic heterocycles. The highest BCUT2D eigenvalue weighted by atomic mass is 127. The van der Waals surface area contributed by atoms with E-state index in [1.165, 1.54) is 0 Å². The summed E-state index contributed by atoms with van der Waals surface area (Å²) in [6, 6.07) is 5.47. The number of guanidine groups is 1. The van der Waals surface area contributed by atoms with Gasteiger partial charge in [-0.15, -0.1) is 24.0 Å². The molecule has 1 aromatic carbocycles. The third-order valence-electron chi connectivity index (χ3n) is 4.13. The Balaban J connectivity index is 0.00000450. The first-order valence-corrected chi connectivity index (χ1v) is 9.61. The van der Waals surface area contributed by atoms with Gasteiger partial charge in [-0.1, -0.05) is 20.8 Å². The van der Waals surface area contributed by atoms with Gasteiger partial charge in [-0.25, -0.2) is 4.98 Å². The summed E-state index contributed by atoms with van der Waals surface area (Å²) >= 11 is 0. The van der Waals surface area contributed by atoms with Gasteiger partial charge in [-0.05, 0) is 6.42 Å². The Bertz CT molecular complexity index is 780. The molecule has 30 heavy (non-hydrogen) atoms. The molecule has 0 spiro atoms. The summed E-state index contributed by atoms with van der Waals surface area (Å²) in [4.78, 5) is 8.52. The lowest BCUT2D eigenvalue weighted by Gasteiger charge is -2.13. The first-order valence-electron chi connectivity index (χ1n) is 9.61. The summed E-state index contributed by atoms with van der Waals surface area (Å²) in [7, 11) is 4.96. The highest BCUT2D eigenvalue weighted by molar-refractivity contribution is 14.0. The lowest BCUT2D eigenvalue weighted by Crippen LogP contribution is -2.37. The summed E-state index contributed by atoms with van der Waals surface area (Å²) in [5.41, 5.74) is -0.0576. The molecule has 9 heteroatoms. The second-order valence-electron chi connectivity index (χ2n) is 7.47. The molecule has 0 radical (unpaired) electrons. The maximum atomic E-state index is 5.79. The number of aromatic nitrogens is 1. The Kier molecular flexibility index (Phi) is 10.8. The van der Waals surface area contributed by atoms with Crippen LogP contribution in [0.1, 0.15) is 38.8 Å².